The Kier molecular flexibility index (Phi) is 7.51. The maximum absolute atomic E-state index is 14.4. The van der Waals surface area contributed by atoms with E-state index in [0.717, 1.165) is 22.6 Å². The van der Waals surface area contributed by atoms with Gasteiger partial charge in [0, 0.05) is 23.4 Å². The molecule has 2 heterocycles. The van der Waals surface area contributed by atoms with E-state index in [1.165, 1.54) is 0 Å². The fraction of sp³-hybridized carbons (Fsp3) is 0.250. The maximum Gasteiger partial charge on any atom is 0.254 e. The van der Waals surface area contributed by atoms with Gasteiger partial charge in [-0.3, -0.25) is 14.5 Å². The standard InChI is InChI=1S/C32H33N3O5/c1-21(2)34(32(37)22-10-8-11-23(18-22)38-3)20-30(36)35-27-13-7-6-12-26(27)33-17-9-14-28(33)31(35)25-19-24(39-4)15-16-29(25)40-5/h6-19,21,31H,20H2,1-5H3. The van der Waals surface area contributed by atoms with Crippen molar-refractivity contribution in [1.82, 2.24) is 9.47 Å². The largest absolute Gasteiger partial charge is 0.497 e. The molecule has 1 aliphatic heterocycles. The average molecular weight is 540 g/mol. The zero-order valence-corrected chi connectivity index (χ0v) is 23.3. The number of hydrogen-bond acceptors (Lipinski definition) is 5. The van der Waals surface area contributed by atoms with Gasteiger partial charge in [-0.2, -0.15) is 0 Å². The van der Waals surface area contributed by atoms with E-state index in [9.17, 15) is 9.59 Å². The van der Waals surface area contributed by atoms with Crippen LogP contribution in [0.25, 0.3) is 5.69 Å². The number of benzene rings is 3. The highest BCUT2D eigenvalue weighted by atomic mass is 16.5. The van der Waals surface area contributed by atoms with Crippen molar-refractivity contribution in [2.24, 2.45) is 0 Å². The molecule has 0 bridgehead atoms. The second-order valence-electron chi connectivity index (χ2n) is 9.82. The first-order valence-electron chi connectivity index (χ1n) is 13.1. The van der Waals surface area contributed by atoms with Crippen LogP contribution < -0.4 is 19.1 Å². The van der Waals surface area contributed by atoms with E-state index in [2.05, 4.69) is 4.57 Å². The summed E-state index contributed by atoms with van der Waals surface area (Å²) in [5.41, 5.74) is 3.75. The van der Waals surface area contributed by atoms with E-state index < -0.39 is 6.04 Å². The summed E-state index contributed by atoms with van der Waals surface area (Å²) >= 11 is 0. The van der Waals surface area contributed by atoms with Crippen LogP contribution in [0.4, 0.5) is 5.69 Å². The van der Waals surface area contributed by atoms with Crippen LogP contribution in [0.2, 0.25) is 0 Å². The number of anilines is 1. The highest BCUT2D eigenvalue weighted by Gasteiger charge is 2.39. The molecule has 0 spiro atoms. The lowest BCUT2D eigenvalue weighted by Crippen LogP contribution is -2.48. The van der Waals surface area contributed by atoms with E-state index in [4.69, 9.17) is 14.2 Å². The number of methoxy groups -OCH3 is 3. The van der Waals surface area contributed by atoms with Crippen molar-refractivity contribution in [3.63, 3.8) is 0 Å². The van der Waals surface area contributed by atoms with Gasteiger partial charge in [0.1, 0.15) is 29.8 Å². The fourth-order valence-electron chi connectivity index (χ4n) is 5.24. The van der Waals surface area contributed by atoms with Gasteiger partial charge in [-0.15, -0.1) is 0 Å². The average Bonchev–Trinajstić information content (AvgIpc) is 3.48. The molecule has 0 saturated carbocycles. The lowest BCUT2D eigenvalue weighted by Gasteiger charge is -2.40. The number of fused-ring (bicyclic) bond motifs is 3. The minimum atomic E-state index is -0.525. The molecule has 1 aliphatic rings. The molecule has 0 fully saturated rings. The number of nitrogens with zero attached hydrogens (tertiary/aromatic N) is 3. The number of hydrogen-bond donors (Lipinski definition) is 0. The molecule has 40 heavy (non-hydrogen) atoms. The van der Waals surface area contributed by atoms with Crippen molar-refractivity contribution < 1.29 is 23.8 Å². The molecule has 1 atom stereocenters. The third kappa shape index (κ3) is 4.77. The van der Waals surface area contributed by atoms with Gasteiger partial charge in [-0.25, -0.2) is 0 Å². The maximum atomic E-state index is 14.4. The number of rotatable bonds is 8. The number of carbonyl (C=O) groups is 2. The summed E-state index contributed by atoms with van der Waals surface area (Å²) in [6, 6.07) is 23.5. The Bertz CT molecular complexity index is 1540. The minimum Gasteiger partial charge on any atom is -0.497 e. The van der Waals surface area contributed by atoms with Gasteiger partial charge in [-0.1, -0.05) is 18.2 Å². The molecular weight excluding hydrogens is 506 g/mol. The zero-order valence-electron chi connectivity index (χ0n) is 23.3. The fourth-order valence-corrected chi connectivity index (χ4v) is 5.24. The SMILES string of the molecule is COc1cccc(C(=O)N(CC(=O)N2c3ccccc3-n3cccc3C2c2cc(OC)ccc2OC)C(C)C)c1. The molecule has 0 N–H and O–H groups in total. The smallest absolute Gasteiger partial charge is 0.254 e. The van der Waals surface area contributed by atoms with Crippen LogP contribution in [-0.4, -0.2) is 55.2 Å². The number of para-hydroxylation sites is 2. The van der Waals surface area contributed by atoms with Crippen molar-refractivity contribution in [1.29, 1.82) is 0 Å². The van der Waals surface area contributed by atoms with Gasteiger partial charge in [0.25, 0.3) is 5.91 Å². The molecule has 1 aromatic heterocycles. The molecule has 1 unspecified atom stereocenters. The topological polar surface area (TPSA) is 73.2 Å². The molecule has 8 nitrogen and oxygen atoms in total. The number of amides is 2. The predicted octanol–water partition coefficient (Wildman–Crippen LogP) is 5.49. The summed E-state index contributed by atoms with van der Waals surface area (Å²) in [4.78, 5) is 31.5. The first-order valence-corrected chi connectivity index (χ1v) is 13.1. The lowest BCUT2D eigenvalue weighted by atomic mass is 9.96. The Morgan fingerprint density at radius 1 is 0.825 bits per heavy atom. The van der Waals surface area contributed by atoms with Crippen LogP contribution >= 0.6 is 0 Å². The Morgan fingerprint density at radius 2 is 1.55 bits per heavy atom. The van der Waals surface area contributed by atoms with Crippen LogP contribution in [0.1, 0.15) is 41.5 Å². The van der Waals surface area contributed by atoms with Crippen LogP contribution in [0.3, 0.4) is 0 Å². The van der Waals surface area contributed by atoms with Crippen LogP contribution in [0.5, 0.6) is 17.2 Å². The molecule has 0 radical (unpaired) electrons. The van der Waals surface area contributed by atoms with Crippen molar-refractivity contribution in [2.75, 3.05) is 32.8 Å². The molecule has 4 aromatic rings. The molecular formula is C32H33N3O5. The Hall–Kier alpha value is -4.72. The molecule has 0 aliphatic carbocycles. The van der Waals surface area contributed by atoms with Gasteiger partial charge in [0.05, 0.1) is 38.4 Å². The number of carbonyl (C=O) groups excluding carboxylic acids is 2. The van der Waals surface area contributed by atoms with Gasteiger partial charge >= 0.3 is 0 Å². The minimum absolute atomic E-state index is 0.120. The molecule has 2 amide bonds. The van der Waals surface area contributed by atoms with E-state index in [0.29, 0.717) is 22.8 Å². The van der Waals surface area contributed by atoms with Gasteiger partial charge in [-0.05, 0) is 74.5 Å². The van der Waals surface area contributed by atoms with E-state index in [-0.39, 0.29) is 24.4 Å². The van der Waals surface area contributed by atoms with E-state index in [1.807, 2.05) is 74.6 Å². The highest BCUT2D eigenvalue weighted by Crippen LogP contribution is 2.45. The lowest BCUT2D eigenvalue weighted by molar-refractivity contribution is -0.120. The normalized spacial score (nSPS) is 13.8. The quantitative estimate of drug-likeness (QED) is 0.296. The Morgan fingerprint density at radius 3 is 2.25 bits per heavy atom. The number of aromatic nitrogens is 1. The monoisotopic (exact) mass is 539 g/mol. The van der Waals surface area contributed by atoms with Crippen molar-refractivity contribution >= 4 is 17.5 Å². The summed E-state index contributed by atoms with van der Waals surface area (Å²) in [6.45, 7) is 3.69. The highest BCUT2D eigenvalue weighted by molar-refractivity contribution is 6.03. The van der Waals surface area contributed by atoms with Crippen LogP contribution in [0, 0.1) is 0 Å². The molecule has 5 rings (SSSR count). The second-order valence-corrected chi connectivity index (χ2v) is 9.82. The zero-order chi connectivity index (χ0) is 28.4. The van der Waals surface area contributed by atoms with E-state index in [1.54, 1.807) is 55.4 Å². The van der Waals surface area contributed by atoms with Gasteiger partial charge < -0.3 is 23.7 Å². The molecule has 8 heteroatoms. The second kappa shape index (κ2) is 11.2. The summed E-state index contributed by atoms with van der Waals surface area (Å²) in [6.07, 6.45) is 1.99. The Labute approximate surface area is 234 Å². The van der Waals surface area contributed by atoms with Crippen molar-refractivity contribution in [2.45, 2.75) is 25.9 Å². The van der Waals surface area contributed by atoms with E-state index >= 15 is 0 Å². The van der Waals surface area contributed by atoms with Gasteiger partial charge in [0.15, 0.2) is 0 Å². The Balaban J connectivity index is 1.61. The van der Waals surface area contributed by atoms with Crippen molar-refractivity contribution in [3.05, 3.63) is 102 Å². The molecule has 0 saturated heterocycles. The first-order chi connectivity index (χ1) is 19.4. The molecule has 3 aromatic carbocycles. The molecule has 206 valence electrons. The summed E-state index contributed by atoms with van der Waals surface area (Å²) < 4.78 is 18.7. The van der Waals surface area contributed by atoms with Crippen LogP contribution in [-0.2, 0) is 4.79 Å². The number of ether oxygens (including phenoxy) is 3. The third-order valence-electron chi connectivity index (χ3n) is 7.23. The third-order valence-corrected chi connectivity index (χ3v) is 7.23. The summed E-state index contributed by atoms with van der Waals surface area (Å²) in [7, 11) is 4.78. The summed E-state index contributed by atoms with van der Waals surface area (Å²) in [5, 5.41) is 0. The van der Waals surface area contributed by atoms with Crippen molar-refractivity contribution in [3.8, 4) is 22.9 Å². The summed E-state index contributed by atoms with van der Waals surface area (Å²) in [5.74, 6) is 1.39. The first kappa shape index (κ1) is 26.9. The van der Waals surface area contributed by atoms with Crippen LogP contribution in [0.15, 0.2) is 85.1 Å². The van der Waals surface area contributed by atoms with Gasteiger partial charge in [0.2, 0.25) is 5.91 Å². The predicted molar refractivity (Wildman–Crippen MR) is 154 cm³/mol.